The van der Waals surface area contributed by atoms with Gasteiger partial charge >= 0.3 is 17.9 Å². The summed E-state index contributed by atoms with van der Waals surface area (Å²) in [5.41, 5.74) is 0. The third kappa shape index (κ3) is 58.4. The van der Waals surface area contributed by atoms with Crippen LogP contribution in [0.5, 0.6) is 0 Å². The molecule has 6 nitrogen and oxygen atoms in total. The van der Waals surface area contributed by atoms with Crippen molar-refractivity contribution in [1.29, 1.82) is 0 Å². The Morgan fingerprint density at radius 3 is 0.817 bits per heavy atom. The molecule has 0 saturated carbocycles. The highest BCUT2D eigenvalue weighted by Crippen LogP contribution is 2.18. The van der Waals surface area contributed by atoms with E-state index >= 15 is 0 Å². The van der Waals surface area contributed by atoms with Gasteiger partial charge in [-0.2, -0.15) is 0 Å². The molecule has 0 rings (SSSR count). The molecule has 0 aliphatic heterocycles. The monoisotopic (exact) mass is 997 g/mol. The van der Waals surface area contributed by atoms with E-state index < -0.39 is 6.10 Å². The molecule has 0 aromatic carbocycles. The zero-order chi connectivity index (χ0) is 51.4. The van der Waals surface area contributed by atoms with Crippen molar-refractivity contribution in [3.05, 3.63) is 36.5 Å². The van der Waals surface area contributed by atoms with Gasteiger partial charge in [-0.15, -0.1) is 0 Å². The van der Waals surface area contributed by atoms with E-state index in [1.165, 1.54) is 225 Å². The Hall–Kier alpha value is -2.37. The predicted octanol–water partition coefficient (Wildman–Crippen LogP) is 21.2. The second-order valence-electron chi connectivity index (χ2n) is 21.3. The minimum atomic E-state index is -0.775. The van der Waals surface area contributed by atoms with Crippen molar-refractivity contribution < 1.29 is 28.6 Å². The lowest BCUT2D eigenvalue weighted by Crippen LogP contribution is -2.30. The van der Waals surface area contributed by atoms with E-state index in [9.17, 15) is 14.4 Å². The molecule has 416 valence electrons. The second kappa shape index (κ2) is 60.2. The highest BCUT2D eigenvalue weighted by molar-refractivity contribution is 5.71. The van der Waals surface area contributed by atoms with Crippen LogP contribution in [0.25, 0.3) is 0 Å². The standard InChI is InChI=1S/C65H120O6/c1-4-7-10-13-16-19-22-24-26-28-30-31-32-33-35-36-38-40-43-46-49-52-55-58-64(67)70-61-62(60-69-63(66)57-54-51-48-45-42-21-18-15-12-9-6-3)71-65(68)59-56-53-50-47-44-41-39-37-34-29-27-25-23-20-17-14-11-8-5-2/h17,20,25,27,34,37,62H,4-16,18-19,21-24,26,28-33,35-36,38-61H2,1-3H3/b20-17-,27-25-,37-34-. The molecule has 1 unspecified atom stereocenters. The quantitative estimate of drug-likeness (QED) is 0.0261. The Morgan fingerprint density at radius 2 is 0.507 bits per heavy atom. The van der Waals surface area contributed by atoms with E-state index in [0.717, 1.165) is 77.0 Å². The highest BCUT2D eigenvalue weighted by Gasteiger charge is 2.19. The van der Waals surface area contributed by atoms with Gasteiger partial charge in [-0.1, -0.05) is 301 Å². The van der Waals surface area contributed by atoms with Gasteiger partial charge in [-0.3, -0.25) is 14.4 Å². The Labute approximate surface area is 442 Å². The van der Waals surface area contributed by atoms with Crippen LogP contribution in [0.4, 0.5) is 0 Å². The lowest BCUT2D eigenvalue weighted by atomic mass is 10.0. The summed E-state index contributed by atoms with van der Waals surface area (Å²) in [6, 6.07) is 0. The molecule has 71 heavy (non-hydrogen) atoms. The maximum atomic E-state index is 12.9. The van der Waals surface area contributed by atoms with Gasteiger partial charge in [0, 0.05) is 19.3 Å². The summed E-state index contributed by atoms with van der Waals surface area (Å²) in [6.45, 7) is 6.65. The van der Waals surface area contributed by atoms with E-state index in [1.54, 1.807) is 0 Å². The Morgan fingerprint density at radius 1 is 0.282 bits per heavy atom. The van der Waals surface area contributed by atoms with Gasteiger partial charge in [0.05, 0.1) is 0 Å². The van der Waals surface area contributed by atoms with Gasteiger partial charge in [0.1, 0.15) is 13.2 Å². The maximum Gasteiger partial charge on any atom is 0.306 e. The van der Waals surface area contributed by atoms with Gasteiger partial charge in [-0.05, 0) is 57.8 Å². The van der Waals surface area contributed by atoms with E-state index in [2.05, 4.69) is 57.2 Å². The van der Waals surface area contributed by atoms with Crippen molar-refractivity contribution in [2.45, 2.75) is 348 Å². The Kier molecular flexibility index (Phi) is 58.2. The van der Waals surface area contributed by atoms with Crippen LogP contribution in [-0.2, 0) is 28.6 Å². The molecule has 0 aromatic rings. The van der Waals surface area contributed by atoms with Crippen LogP contribution >= 0.6 is 0 Å². The van der Waals surface area contributed by atoms with E-state index in [0.29, 0.717) is 19.3 Å². The first-order valence-corrected chi connectivity index (χ1v) is 31.5. The summed E-state index contributed by atoms with van der Waals surface area (Å²) in [6.07, 6.45) is 72.9. The number of carbonyl (C=O) groups excluding carboxylic acids is 3. The van der Waals surface area contributed by atoms with Gasteiger partial charge in [-0.25, -0.2) is 0 Å². The summed E-state index contributed by atoms with van der Waals surface area (Å²) in [7, 11) is 0. The first-order valence-electron chi connectivity index (χ1n) is 31.5. The zero-order valence-electron chi connectivity index (χ0n) is 47.8. The fourth-order valence-corrected chi connectivity index (χ4v) is 9.39. The van der Waals surface area contributed by atoms with Crippen LogP contribution in [0, 0.1) is 0 Å². The van der Waals surface area contributed by atoms with Crippen molar-refractivity contribution in [2.24, 2.45) is 0 Å². The molecule has 0 heterocycles. The van der Waals surface area contributed by atoms with Crippen LogP contribution in [0.15, 0.2) is 36.5 Å². The minimum Gasteiger partial charge on any atom is -0.462 e. The molecule has 0 spiro atoms. The average molecular weight is 998 g/mol. The number of unbranched alkanes of at least 4 members (excludes halogenated alkanes) is 41. The van der Waals surface area contributed by atoms with Crippen molar-refractivity contribution in [2.75, 3.05) is 13.2 Å². The summed E-state index contributed by atoms with van der Waals surface area (Å²) in [4.78, 5) is 38.2. The number of hydrogen-bond acceptors (Lipinski definition) is 6. The van der Waals surface area contributed by atoms with E-state index in [-0.39, 0.29) is 31.1 Å². The normalized spacial score (nSPS) is 12.2. The van der Waals surface area contributed by atoms with Crippen LogP contribution in [0.3, 0.4) is 0 Å². The molecule has 0 aromatic heterocycles. The molecular formula is C65H120O6. The van der Waals surface area contributed by atoms with Gasteiger partial charge < -0.3 is 14.2 Å². The Bertz CT molecular complexity index is 1190. The second-order valence-corrected chi connectivity index (χ2v) is 21.3. The third-order valence-electron chi connectivity index (χ3n) is 14.1. The molecule has 6 heteroatoms. The largest absolute Gasteiger partial charge is 0.462 e. The molecule has 0 aliphatic rings. The number of allylic oxidation sites excluding steroid dienone is 6. The Balaban J connectivity index is 4.25. The molecule has 0 radical (unpaired) electrons. The van der Waals surface area contributed by atoms with Crippen LogP contribution in [0.2, 0.25) is 0 Å². The van der Waals surface area contributed by atoms with Crippen LogP contribution < -0.4 is 0 Å². The van der Waals surface area contributed by atoms with Crippen LogP contribution in [0.1, 0.15) is 342 Å². The maximum absolute atomic E-state index is 12.9. The van der Waals surface area contributed by atoms with Gasteiger partial charge in [0.25, 0.3) is 0 Å². The molecule has 0 bridgehead atoms. The molecular weight excluding hydrogens is 877 g/mol. The van der Waals surface area contributed by atoms with Gasteiger partial charge in [0.2, 0.25) is 0 Å². The molecule has 0 amide bonds. The molecule has 0 saturated heterocycles. The zero-order valence-corrected chi connectivity index (χ0v) is 47.8. The summed E-state index contributed by atoms with van der Waals surface area (Å²) in [5, 5.41) is 0. The lowest BCUT2D eigenvalue weighted by molar-refractivity contribution is -0.167. The number of rotatable bonds is 58. The number of esters is 3. The summed E-state index contributed by atoms with van der Waals surface area (Å²) >= 11 is 0. The molecule has 0 fully saturated rings. The number of carbonyl (C=O) groups is 3. The third-order valence-corrected chi connectivity index (χ3v) is 14.1. The topological polar surface area (TPSA) is 78.9 Å². The number of hydrogen-bond donors (Lipinski definition) is 0. The minimum absolute atomic E-state index is 0.0725. The lowest BCUT2D eigenvalue weighted by Gasteiger charge is -2.18. The predicted molar refractivity (Wildman–Crippen MR) is 307 cm³/mol. The summed E-state index contributed by atoms with van der Waals surface area (Å²) < 4.78 is 16.9. The highest BCUT2D eigenvalue weighted by atomic mass is 16.6. The van der Waals surface area contributed by atoms with E-state index in [1.807, 2.05) is 0 Å². The fourth-order valence-electron chi connectivity index (χ4n) is 9.39. The van der Waals surface area contributed by atoms with Crippen molar-refractivity contribution >= 4 is 17.9 Å². The van der Waals surface area contributed by atoms with E-state index in [4.69, 9.17) is 14.2 Å². The first-order chi connectivity index (χ1) is 35.0. The molecule has 0 N–H and O–H groups in total. The smallest absolute Gasteiger partial charge is 0.306 e. The average Bonchev–Trinajstić information content (AvgIpc) is 3.37. The van der Waals surface area contributed by atoms with Crippen molar-refractivity contribution in [3.63, 3.8) is 0 Å². The molecule has 0 aliphatic carbocycles. The van der Waals surface area contributed by atoms with Crippen molar-refractivity contribution in [1.82, 2.24) is 0 Å². The SMILES string of the molecule is CCCCC/C=C\C/C=C\C/C=C\CCCCCCCCC(=O)OC(COC(=O)CCCCCCCCCCCCC)COC(=O)CCCCCCCCCCCCCCCCCCCCCCCCC. The summed E-state index contributed by atoms with van der Waals surface area (Å²) in [5.74, 6) is -0.864. The van der Waals surface area contributed by atoms with Crippen LogP contribution in [-0.4, -0.2) is 37.2 Å². The number of ether oxygens (including phenoxy) is 3. The first kappa shape index (κ1) is 68.6. The van der Waals surface area contributed by atoms with Crippen molar-refractivity contribution in [3.8, 4) is 0 Å². The molecule has 1 atom stereocenters. The van der Waals surface area contributed by atoms with Gasteiger partial charge in [0.15, 0.2) is 6.10 Å². The fraction of sp³-hybridized carbons (Fsp3) is 0.862.